The molecule has 14 heavy (non-hydrogen) atoms. The first kappa shape index (κ1) is 9.43. The monoisotopic (exact) mass is 194 g/mol. The van der Waals surface area contributed by atoms with Gasteiger partial charge in [0.05, 0.1) is 19.3 Å². The van der Waals surface area contributed by atoms with Crippen LogP contribution >= 0.6 is 0 Å². The standard InChI is InChI=1S/C10H14N2O2/c1-7-4-8(5-10(13)12-7)9-6-14-3-2-11-9/h4-5,9,11H,2-3,6H2,1H3,(H,12,13)/t9-/m1/s1. The van der Waals surface area contributed by atoms with Crippen molar-refractivity contribution in [1.29, 1.82) is 0 Å². The van der Waals surface area contributed by atoms with E-state index in [0.717, 1.165) is 24.4 Å². The van der Waals surface area contributed by atoms with Crippen LogP contribution in [0, 0.1) is 6.92 Å². The van der Waals surface area contributed by atoms with Gasteiger partial charge in [-0.2, -0.15) is 0 Å². The molecule has 0 unspecified atom stereocenters. The van der Waals surface area contributed by atoms with E-state index >= 15 is 0 Å². The summed E-state index contributed by atoms with van der Waals surface area (Å²) in [6.45, 7) is 4.12. The van der Waals surface area contributed by atoms with Crippen molar-refractivity contribution < 1.29 is 4.74 Å². The third kappa shape index (κ3) is 2.02. The molecule has 0 aliphatic carbocycles. The van der Waals surface area contributed by atoms with Crippen LogP contribution in [0.2, 0.25) is 0 Å². The Bertz CT molecular complexity index is 367. The Morgan fingerprint density at radius 3 is 3.00 bits per heavy atom. The van der Waals surface area contributed by atoms with E-state index in [0.29, 0.717) is 6.61 Å². The lowest BCUT2D eigenvalue weighted by Crippen LogP contribution is -2.35. The van der Waals surface area contributed by atoms with Crippen molar-refractivity contribution >= 4 is 0 Å². The Hall–Kier alpha value is -1.13. The molecule has 4 nitrogen and oxygen atoms in total. The number of H-pyrrole nitrogens is 1. The first-order valence-electron chi connectivity index (χ1n) is 4.78. The number of hydrogen-bond acceptors (Lipinski definition) is 3. The van der Waals surface area contributed by atoms with Gasteiger partial charge in [0.25, 0.3) is 0 Å². The summed E-state index contributed by atoms with van der Waals surface area (Å²) in [6.07, 6.45) is 0. The van der Waals surface area contributed by atoms with Gasteiger partial charge in [-0.15, -0.1) is 0 Å². The molecule has 0 bridgehead atoms. The first-order chi connectivity index (χ1) is 6.75. The van der Waals surface area contributed by atoms with E-state index in [4.69, 9.17) is 4.74 Å². The Morgan fingerprint density at radius 2 is 2.36 bits per heavy atom. The molecule has 0 amide bonds. The molecular weight excluding hydrogens is 180 g/mol. The lowest BCUT2D eigenvalue weighted by molar-refractivity contribution is 0.0768. The second-order valence-corrected chi connectivity index (χ2v) is 3.54. The fourth-order valence-corrected chi connectivity index (χ4v) is 1.69. The number of ether oxygens (including phenoxy) is 1. The fraction of sp³-hybridized carbons (Fsp3) is 0.500. The summed E-state index contributed by atoms with van der Waals surface area (Å²) in [5, 5.41) is 3.31. The normalized spacial score (nSPS) is 22.2. The topological polar surface area (TPSA) is 54.1 Å². The van der Waals surface area contributed by atoms with Crippen molar-refractivity contribution in [3.8, 4) is 0 Å². The van der Waals surface area contributed by atoms with Gasteiger partial charge in [-0.05, 0) is 18.6 Å². The molecule has 1 aliphatic rings. The lowest BCUT2D eigenvalue weighted by atomic mass is 10.1. The smallest absolute Gasteiger partial charge is 0.248 e. The fourth-order valence-electron chi connectivity index (χ4n) is 1.69. The van der Waals surface area contributed by atoms with E-state index in [2.05, 4.69) is 10.3 Å². The van der Waals surface area contributed by atoms with Gasteiger partial charge in [-0.3, -0.25) is 4.79 Å². The molecule has 0 radical (unpaired) electrons. The molecule has 1 atom stereocenters. The molecule has 1 aromatic heterocycles. The van der Waals surface area contributed by atoms with Crippen LogP contribution in [-0.4, -0.2) is 24.7 Å². The molecule has 76 valence electrons. The van der Waals surface area contributed by atoms with E-state index in [1.165, 1.54) is 0 Å². The summed E-state index contributed by atoms with van der Waals surface area (Å²) in [5.74, 6) is 0. The molecule has 1 fully saturated rings. The molecule has 0 saturated carbocycles. The zero-order chi connectivity index (χ0) is 9.97. The summed E-state index contributed by atoms with van der Waals surface area (Å²) < 4.78 is 5.34. The van der Waals surface area contributed by atoms with Gasteiger partial charge in [0.1, 0.15) is 0 Å². The van der Waals surface area contributed by atoms with Crippen LogP contribution in [0.15, 0.2) is 16.9 Å². The SMILES string of the molecule is Cc1cc([C@H]2COCCN2)cc(=O)[nH]1. The minimum Gasteiger partial charge on any atom is -0.378 e. The molecule has 1 aliphatic heterocycles. The minimum atomic E-state index is -0.0487. The number of rotatable bonds is 1. The van der Waals surface area contributed by atoms with Gasteiger partial charge in [-0.1, -0.05) is 0 Å². The van der Waals surface area contributed by atoms with Crippen LogP contribution in [0.3, 0.4) is 0 Å². The Morgan fingerprint density at radius 1 is 1.50 bits per heavy atom. The number of nitrogens with one attached hydrogen (secondary N) is 2. The van der Waals surface area contributed by atoms with Gasteiger partial charge < -0.3 is 15.0 Å². The Balaban J connectivity index is 2.26. The molecule has 0 spiro atoms. The van der Waals surface area contributed by atoms with Crippen molar-refractivity contribution in [3.63, 3.8) is 0 Å². The van der Waals surface area contributed by atoms with E-state index in [1.54, 1.807) is 6.07 Å². The number of morpholine rings is 1. The number of aromatic nitrogens is 1. The van der Waals surface area contributed by atoms with Crippen molar-refractivity contribution in [1.82, 2.24) is 10.3 Å². The quantitative estimate of drug-likeness (QED) is 0.678. The third-order valence-electron chi connectivity index (χ3n) is 2.33. The molecule has 1 saturated heterocycles. The zero-order valence-electron chi connectivity index (χ0n) is 8.17. The van der Waals surface area contributed by atoms with Crippen LogP contribution in [0.1, 0.15) is 17.3 Å². The Kier molecular flexibility index (Phi) is 2.65. The maximum Gasteiger partial charge on any atom is 0.248 e. The van der Waals surface area contributed by atoms with Crippen molar-refractivity contribution in [2.75, 3.05) is 19.8 Å². The molecule has 1 aromatic rings. The van der Waals surface area contributed by atoms with Gasteiger partial charge in [0.2, 0.25) is 5.56 Å². The summed E-state index contributed by atoms with van der Waals surface area (Å²) in [6, 6.07) is 3.76. The number of pyridine rings is 1. The van der Waals surface area contributed by atoms with Crippen LogP contribution in [-0.2, 0) is 4.74 Å². The second-order valence-electron chi connectivity index (χ2n) is 3.54. The first-order valence-corrected chi connectivity index (χ1v) is 4.78. The molecule has 2 N–H and O–H groups in total. The molecule has 2 rings (SSSR count). The summed E-state index contributed by atoms with van der Waals surface area (Å²) in [7, 11) is 0. The number of hydrogen-bond donors (Lipinski definition) is 2. The number of aryl methyl sites for hydroxylation is 1. The van der Waals surface area contributed by atoms with Crippen molar-refractivity contribution in [2.45, 2.75) is 13.0 Å². The maximum absolute atomic E-state index is 11.2. The molecule has 4 heteroatoms. The highest BCUT2D eigenvalue weighted by atomic mass is 16.5. The predicted molar refractivity (Wildman–Crippen MR) is 53.4 cm³/mol. The second kappa shape index (κ2) is 3.94. The van der Waals surface area contributed by atoms with Crippen LogP contribution in [0.4, 0.5) is 0 Å². The zero-order valence-corrected chi connectivity index (χ0v) is 8.17. The minimum absolute atomic E-state index is 0.0487. The Labute approximate surface area is 82.3 Å². The predicted octanol–water partition coefficient (Wildman–Crippen LogP) is 0.344. The largest absolute Gasteiger partial charge is 0.378 e. The van der Waals surface area contributed by atoms with E-state index in [9.17, 15) is 4.79 Å². The van der Waals surface area contributed by atoms with Crippen molar-refractivity contribution in [3.05, 3.63) is 33.7 Å². The molecule has 2 heterocycles. The highest BCUT2D eigenvalue weighted by Gasteiger charge is 2.15. The van der Waals surface area contributed by atoms with Gasteiger partial charge in [0, 0.05) is 18.3 Å². The van der Waals surface area contributed by atoms with Crippen LogP contribution in [0.25, 0.3) is 0 Å². The summed E-state index contributed by atoms with van der Waals surface area (Å²) >= 11 is 0. The van der Waals surface area contributed by atoms with E-state index in [1.807, 2.05) is 13.0 Å². The highest BCUT2D eigenvalue weighted by Crippen LogP contribution is 2.13. The van der Waals surface area contributed by atoms with Crippen molar-refractivity contribution in [2.24, 2.45) is 0 Å². The summed E-state index contributed by atoms with van der Waals surface area (Å²) in [5.41, 5.74) is 1.85. The maximum atomic E-state index is 11.2. The molecular formula is C10H14N2O2. The third-order valence-corrected chi connectivity index (χ3v) is 2.33. The van der Waals surface area contributed by atoms with Gasteiger partial charge in [-0.25, -0.2) is 0 Å². The van der Waals surface area contributed by atoms with Crippen LogP contribution in [0.5, 0.6) is 0 Å². The number of aromatic amines is 1. The van der Waals surface area contributed by atoms with E-state index in [-0.39, 0.29) is 11.6 Å². The lowest BCUT2D eigenvalue weighted by Gasteiger charge is -2.24. The molecule has 0 aromatic carbocycles. The van der Waals surface area contributed by atoms with Gasteiger partial charge >= 0.3 is 0 Å². The average molecular weight is 194 g/mol. The summed E-state index contributed by atoms with van der Waals surface area (Å²) in [4.78, 5) is 14.0. The van der Waals surface area contributed by atoms with Crippen LogP contribution < -0.4 is 10.9 Å². The highest BCUT2D eigenvalue weighted by molar-refractivity contribution is 5.20. The van der Waals surface area contributed by atoms with Gasteiger partial charge in [0.15, 0.2) is 0 Å². The van der Waals surface area contributed by atoms with E-state index < -0.39 is 0 Å². The average Bonchev–Trinajstić information content (AvgIpc) is 2.18.